The first-order valence-corrected chi connectivity index (χ1v) is 10.9. The Morgan fingerprint density at radius 3 is 2.15 bits per heavy atom. The van der Waals surface area contributed by atoms with Crippen LogP contribution in [0.5, 0.6) is 5.75 Å². The molecule has 0 bridgehead atoms. The zero-order chi connectivity index (χ0) is 22.2. The lowest BCUT2D eigenvalue weighted by Crippen LogP contribution is -2.02. The van der Waals surface area contributed by atoms with Gasteiger partial charge in [0.1, 0.15) is 11.4 Å². The molecule has 158 valence electrons. The van der Waals surface area contributed by atoms with E-state index in [-0.39, 0.29) is 5.75 Å². The molecule has 4 aromatic carbocycles. The molecule has 0 aliphatic rings. The lowest BCUT2D eigenvalue weighted by molar-refractivity contribution is 0.477. The van der Waals surface area contributed by atoms with Crippen LogP contribution in [0, 0.1) is 0 Å². The molecule has 0 aliphatic carbocycles. The minimum absolute atomic E-state index is 0.274. The first-order chi connectivity index (χ1) is 16.3. The smallest absolute Gasteiger partial charge is 0.158 e. The summed E-state index contributed by atoms with van der Waals surface area (Å²) in [5.74, 6) is 1.09. The van der Waals surface area contributed by atoms with Gasteiger partial charge in [0.15, 0.2) is 5.82 Å². The van der Waals surface area contributed by atoms with Gasteiger partial charge in [-0.15, -0.1) is 0 Å². The molecule has 6 aromatic rings. The Kier molecular flexibility index (Phi) is 4.62. The van der Waals surface area contributed by atoms with E-state index in [1.807, 2.05) is 42.6 Å². The van der Waals surface area contributed by atoms with Gasteiger partial charge in [0.25, 0.3) is 0 Å². The number of imidazole rings is 1. The second-order valence-electron chi connectivity index (χ2n) is 8.14. The summed E-state index contributed by atoms with van der Waals surface area (Å²) in [5, 5.41) is 15.5. The van der Waals surface area contributed by atoms with Crippen LogP contribution >= 0.6 is 0 Å². The van der Waals surface area contributed by atoms with Gasteiger partial charge in [0.05, 0.1) is 0 Å². The molecule has 6 rings (SSSR count). The van der Waals surface area contributed by atoms with E-state index in [4.69, 9.17) is 0 Å². The molecule has 4 nitrogen and oxygen atoms in total. The van der Waals surface area contributed by atoms with E-state index in [2.05, 4.69) is 63.1 Å². The predicted octanol–water partition coefficient (Wildman–Crippen LogP) is 6.67. The zero-order valence-corrected chi connectivity index (χ0v) is 17.9. The van der Waals surface area contributed by atoms with Crippen molar-refractivity contribution in [3.8, 4) is 28.4 Å². The lowest BCUT2D eigenvalue weighted by atomic mass is 9.91. The maximum Gasteiger partial charge on any atom is 0.158 e. The van der Waals surface area contributed by atoms with Crippen LogP contribution in [0.3, 0.4) is 0 Å². The van der Waals surface area contributed by atoms with Crippen molar-refractivity contribution in [3.05, 3.63) is 115 Å². The fourth-order valence-electron chi connectivity index (χ4n) is 4.55. The Labute approximate surface area is 191 Å². The third-order valence-corrected chi connectivity index (χ3v) is 6.06. The molecule has 0 spiro atoms. The van der Waals surface area contributed by atoms with Crippen LogP contribution < -0.4 is 0 Å². The molecule has 0 atom stereocenters. The van der Waals surface area contributed by atoms with Gasteiger partial charge >= 0.3 is 0 Å². The topological polar surface area (TPSA) is 50.9 Å². The summed E-state index contributed by atoms with van der Waals surface area (Å²) in [7, 11) is 0. The number of phenolic OH excluding ortho intramolecular Hbond substituents is 1. The van der Waals surface area contributed by atoms with Gasteiger partial charge in [-0.05, 0) is 57.4 Å². The van der Waals surface area contributed by atoms with E-state index in [1.54, 1.807) is 18.5 Å². The van der Waals surface area contributed by atoms with Crippen LogP contribution in [-0.2, 0) is 6.54 Å². The van der Waals surface area contributed by atoms with Crippen LogP contribution in [0.1, 0.15) is 5.56 Å². The van der Waals surface area contributed by atoms with Crippen LogP contribution in [0.4, 0.5) is 0 Å². The van der Waals surface area contributed by atoms with Gasteiger partial charge in [-0.2, -0.15) is 0 Å². The quantitative estimate of drug-likeness (QED) is 0.320. The molecule has 2 heterocycles. The van der Waals surface area contributed by atoms with Crippen molar-refractivity contribution in [1.82, 2.24) is 14.5 Å². The molecule has 0 aliphatic heterocycles. The number of hydrogen-bond acceptors (Lipinski definition) is 3. The molecule has 0 saturated carbocycles. The van der Waals surface area contributed by atoms with Crippen molar-refractivity contribution in [1.29, 1.82) is 0 Å². The summed E-state index contributed by atoms with van der Waals surface area (Å²) in [4.78, 5) is 8.96. The molecule has 0 unspecified atom stereocenters. The van der Waals surface area contributed by atoms with Crippen molar-refractivity contribution in [2.24, 2.45) is 0 Å². The monoisotopic (exact) mass is 427 g/mol. The normalized spacial score (nSPS) is 11.3. The van der Waals surface area contributed by atoms with E-state index in [0.29, 0.717) is 6.54 Å². The molecule has 0 radical (unpaired) electrons. The highest BCUT2D eigenvalue weighted by Crippen LogP contribution is 2.40. The van der Waals surface area contributed by atoms with E-state index in [1.165, 1.54) is 0 Å². The van der Waals surface area contributed by atoms with Gasteiger partial charge < -0.3 is 9.67 Å². The predicted molar refractivity (Wildman–Crippen MR) is 133 cm³/mol. The van der Waals surface area contributed by atoms with Gasteiger partial charge in [0.2, 0.25) is 0 Å². The Hall–Kier alpha value is -4.44. The molecule has 1 N–H and O–H groups in total. The van der Waals surface area contributed by atoms with Crippen molar-refractivity contribution >= 4 is 21.5 Å². The van der Waals surface area contributed by atoms with E-state index in [0.717, 1.165) is 49.8 Å². The second-order valence-corrected chi connectivity index (χ2v) is 8.14. The standard InChI is InChI=1S/C29H21N3O/c33-27-13-12-20(19-32-16-15-31-29(32)26-11-5-6-14-30-26)17-25(27)28-23-9-3-1-7-21(23)18-22-8-2-4-10-24(22)28/h1-18,33H,19H2. The highest BCUT2D eigenvalue weighted by molar-refractivity contribution is 6.13. The van der Waals surface area contributed by atoms with E-state index < -0.39 is 0 Å². The summed E-state index contributed by atoms with van der Waals surface area (Å²) in [6.07, 6.45) is 5.53. The highest BCUT2D eigenvalue weighted by Gasteiger charge is 2.15. The molecule has 2 aromatic heterocycles. The van der Waals surface area contributed by atoms with Gasteiger partial charge in [-0.1, -0.05) is 60.7 Å². The number of nitrogens with zero attached hydrogens (tertiary/aromatic N) is 3. The van der Waals surface area contributed by atoms with Crippen molar-refractivity contribution in [2.45, 2.75) is 6.54 Å². The Morgan fingerprint density at radius 2 is 1.42 bits per heavy atom. The summed E-state index contributed by atoms with van der Waals surface area (Å²) in [6, 6.07) is 30.6. The highest BCUT2D eigenvalue weighted by atomic mass is 16.3. The fraction of sp³-hybridized carbons (Fsp3) is 0.0345. The molecular formula is C29H21N3O. The maximum atomic E-state index is 10.9. The largest absolute Gasteiger partial charge is 0.507 e. The minimum Gasteiger partial charge on any atom is -0.507 e. The van der Waals surface area contributed by atoms with Gasteiger partial charge in [-0.25, -0.2) is 4.98 Å². The number of phenols is 1. The van der Waals surface area contributed by atoms with E-state index >= 15 is 0 Å². The van der Waals surface area contributed by atoms with Crippen LogP contribution in [0.15, 0.2) is 110 Å². The molecule has 0 fully saturated rings. The third-order valence-electron chi connectivity index (χ3n) is 6.06. The maximum absolute atomic E-state index is 10.9. The molecule has 4 heteroatoms. The zero-order valence-electron chi connectivity index (χ0n) is 17.9. The average Bonchev–Trinajstić information content (AvgIpc) is 3.32. The van der Waals surface area contributed by atoms with Crippen LogP contribution in [-0.4, -0.2) is 19.6 Å². The van der Waals surface area contributed by atoms with Crippen LogP contribution in [0.2, 0.25) is 0 Å². The van der Waals surface area contributed by atoms with Gasteiger partial charge in [-0.3, -0.25) is 4.98 Å². The summed E-state index contributed by atoms with van der Waals surface area (Å²) in [6.45, 7) is 0.627. The van der Waals surface area contributed by atoms with Gasteiger partial charge in [0, 0.05) is 36.3 Å². The SMILES string of the molecule is Oc1ccc(Cn2ccnc2-c2ccccn2)cc1-c1c2ccccc2cc2ccccc12. The second kappa shape index (κ2) is 7.92. The molecule has 0 amide bonds. The first-order valence-electron chi connectivity index (χ1n) is 10.9. The molecular weight excluding hydrogens is 406 g/mol. The van der Waals surface area contributed by atoms with E-state index in [9.17, 15) is 5.11 Å². The number of hydrogen-bond donors (Lipinski definition) is 1. The first kappa shape index (κ1) is 19.3. The number of benzene rings is 4. The lowest BCUT2D eigenvalue weighted by Gasteiger charge is -2.15. The fourth-order valence-corrected chi connectivity index (χ4v) is 4.55. The van der Waals surface area contributed by atoms with Crippen LogP contribution in [0.25, 0.3) is 44.2 Å². The summed E-state index contributed by atoms with van der Waals surface area (Å²) < 4.78 is 2.08. The van der Waals surface area contributed by atoms with Crippen molar-refractivity contribution in [2.75, 3.05) is 0 Å². The minimum atomic E-state index is 0.274. The Bertz CT molecular complexity index is 1550. The van der Waals surface area contributed by atoms with Crippen molar-refractivity contribution < 1.29 is 5.11 Å². The Balaban J connectivity index is 1.51. The number of aromatic hydroxyl groups is 1. The number of fused-ring (bicyclic) bond motifs is 2. The summed E-state index contributed by atoms with van der Waals surface area (Å²) in [5.41, 5.74) is 3.80. The average molecular weight is 428 g/mol. The molecule has 33 heavy (non-hydrogen) atoms. The summed E-state index contributed by atoms with van der Waals surface area (Å²) >= 11 is 0. The molecule has 0 saturated heterocycles. The number of rotatable bonds is 4. The van der Waals surface area contributed by atoms with Crippen molar-refractivity contribution in [3.63, 3.8) is 0 Å². The Morgan fingerprint density at radius 1 is 0.697 bits per heavy atom. The number of pyridine rings is 1. The third kappa shape index (κ3) is 3.42. The number of aromatic nitrogens is 3.